The lowest BCUT2D eigenvalue weighted by Crippen LogP contribution is -2.48. The highest BCUT2D eigenvalue weighted by atomic mass is 32.2. The van der Waals surface area contributed by atoms with Crippen LogP contribution in [0.15, 0.2) is 27.2 Å². The average molecular weight is 410 g/mol. The number of aromatic nitrogens is 2. The van der Waals surface area contributed by atoms with Gasteiger partial charge in [0.1, 0.15) is 5.76 Å². The van der Waals surface area contributed by atoms with Crippen LogP contribution in [0.1, 0.15) is 38.4 Å². The number of carbonyl (C=O) groups is 2. The molecule has 1 aliphatic carbocycles. The van der Waals surface area contributed by atoms with Crippen LogP contribution >= 0.6 is 23.1 Å². The number of imide groups is 1. The van der Waals surface area contributed by atoms with Crippen LogP contribution in [-0.4, -0.2) is 33.9 Å². The van der Waals surface area contributed by atoms with E-state index < -0.39 is 6.03 Å². The maximum atomic E-state index is 12.0. The highest BCUT2D eigenvalue weighted by molar-refractivity contribution is 8.01. The van der Waals surface area contributed by atoms with E-state index in [0.717, 1.165) is 25.0 Å². The van der Waals surface area contributed by atoms with Crippen LogP contribution in [0.25, 0.3) is 0 Å². The highest BCUT2D eigenvalue weighted by Crippen LogP contribution is 2.26. The van der Waals surface area contributed by atoms with Gasteiger partial charge in [-0.1, -0.05) is 42.9 Å². The van der Waals surface area contributed by atoms with Gasteiger partial charge in [-0.2, -0.15) is 0 Å². The number of hydrogen-bond donors (Lipinski definition) is 3. The first-order valence-corrected chi connectivity index (χ1v) is 10.7. The van der Waals surface area contributed by atoms with E-state index in [0.29, 0.717) is 21.9 Å². The number of nitrogens with zero attached hydrogens (tertiary/aromatic N) is 2. The third kappa shape index (κ3) is 6.24. The summed E-state index contributed by atoms with van der Waals surface area (Å²) in [6, 6.07) is 3.41. The van der Waals surface area contributed by atoms with Crippen LogP contribution in [-0.2, 0) is 11.3 Å². The van der Waals surface area contributed by atoms with Crippen LogP contribution in [0.3, 0.4) is 0 Å². The zero-order valence-electron chi connectivity index (χ0n) is 15.1. The van der Waals surface area contributed by atoms with Crippen molar-refractivity contribution in [2.45, 2.75) is 49.5 Å². The number of urea groups is 1. The SMILES string of the molecule is C[C@@H]1CCCC[C@@H]1NC(=O)NC(=O)CSc1nnc(NCc2ccco2)s1. The molecule has 3 amide bonds. The van der Waals surface area contributed by atoms with Crippen molar-refractivity contribution in [1.82, 2.24) is 20.8 Å². The van der Waals surface area contributed by atoms with Gasteiger partial charge < -0.3 is 15.1 Å². The lowest BCUT2D eigenvalue weighted by molar-refractivity contribution is -0.117. The molecule has 1 aliphatic rings. The summed E-state index contributed by atoms with van der Waals surface area (Å²) in [5, 5.41) is 17.1. The maximum absolute atomic E-state index is 12.0. The Labute approximate surface area is 165 Å². The standard InChI is InChI=1S/C17H23N5O3S2/c1-11-5-2-3-7-13(11)19-15(24)20-14(23)10-26-17-22-21-16(27-17)18-9-12-6-4-8-25-12/h4,6,8,11,13H,2-3,5,7,9-10H2,1H3,(H,18,21)(H2,19,20,23,24)/t11-,13+/m1/s1. The summed E-state index contributed by atoms with van der Waals surface area (Å²) in [4.78, 5) is 24.0. The van der Waals surface area contributed by atoms with Crippen molar-refractivity contribution in [1.29, 1.82) is 0 Å². The first kappa shape index (κ1) is 19.7. The Morgan fingerprint density at radius 3 is 2.96 bits per heavy atom. The molecule has 0 saturated heterocycles. The van der Waals surface area contributed by atoms with Gasteiger partial charge >= 0.3 is 6.03 Å². The topological polar surface area (TPSA) is 109 Å². The second kappa shape index (κ2) is 9.75. The third-order valence-corrected chi connectivity index (χ3v) is 6.42. The summed E-state index contributed by atoms with van der Waals surface area (Å²) < 4.78 is 5.90. The van der Waals surface area contributed by atoms with Gasteiger partial charge in [-0.05, 0) is 30.9 Å². The minimum absolute atomic E-state index is 0.112. The van der Waals surface area contributed by atoms with Gasteiger partial charge in [0.25, 0.3) is 0 Å². The Morgan fingerprint density at radius 1 is 1.33 bits per heavy atom. The summed E-state index contributed by atoms with van der Waals surface area (Å²) >= 11 is 2.60. The van der Waals surface area contributed by atoms with Crippen LogP contribution in [0, 0.1) is 5.92 Å². The number of thioether (sulfide) groups is 1. The predicted molar refractivity (Wildman–Crippen MR) is 105 cm³/mol. The summed E-state index contributed by atoms with van der Waals surface area (Å²) in [6.45, 7) is 2.65. The van der Waals surface area contributed by atoms with E-state index in [1.807, 2.05) is 12.1 Å². The molecule has 10 heteroatoms. The minimum atomic E-state index is -0.419. The van der Waals surface area contributed by atoms with E-state index in [1.165, 1.54) is 29.5 Å². The molecular weight excluding hydrogens is 386 g/mol. The molecular formula is C17H23N5O3S2. The number of anilines is 1. The molecule has 0 radical (unpaired) electrons. The molecule has 0 aliphatic heterocycles. The molecule has 146 valence electrons. The molecule has 3 rings (SSSR count). The Hall–Kier alpha value is -2.07. The predicted octanol–water partition coefficient (Wildman–Crippen LogP) is 3.24. The molecule has 2 atom stereocenters. The normalized spacial score (nSPS) is 19.4. The average Bonchev–Trinajstić information content (AvgIpc) is 3.32. The van der Waals surface area contributed by atoms with E-state index in [4.69, 9.17) is 4.42 Å². The third-order valence-electron chi connectivity index (χ3n) is 4.41. The van der Waals surface area contributed by atoms with Gasteiger partial charge in [-0.25, -0.2) is 4.79 Å². The smallest absolute Gasteiger partial charge is 0.321 e. The second-order valence-corrected chi connectivity index (χ2v) is 8.68. The highest BCUT2D eigenvalue weighted by Gasteiger charge is 2.23. The summed E-state index contributed by atoms with van der Waals surface area (Å²) in [7, 11) is 0. The van der Waals surface area contributed by atoms with Crippen LogP contribution in [0.2, 0.25) is 0 Å². The number of carbonyl (C=O) groups excluding carboxylic acids is 2. The molecule has 0 aromatic carbocycles. The maximum Gasteiger partial charge on any atom is 0.321 e. The van der Waals surface area contributed by atoms with Gasteiger partial charge in [0.2, 0.25) is 11.0 Å². The van der Waals surface area contributed by atoms with Crippen molar-refractivity contribution in [3.05, 3.63) is 24.2 Å². The monoisotopic (exact) mass is 409 g/mol. The lowest BCUT2D eigenvalue weighted by atomic mass is 9.86. The largest absolute Gasteiger partial charge is 0.467 e. The number of rotatable bonds is 7. The van der Waals surface area contributed by atoms with Gasteiger partial charge in [0.15, 0.2) is 4.34 Å². The second-order valence-electron chi connectivity index (χ2n) is 6.48. The fourth-order valence-corrected chi connectivity index (χ4v) is 4.49. The molecule has 2 heterocycles. The van der Waals surface area contributed by atoms with Crippen molar-refractivity contribution in [3.63, 3.8) is 0 Å². The van der Waals surface area contributed by atoms with Crippen molar-refractivity contribution >= 4 is 40.2 Å². The first-order valence-electron chi connectivity index (χ1n) is 8.93. The summed E-state index contributed by atoms with van der Waals surface area (Å²) in [5.74, 6) is 1.02. The van der Waals surface area contributed by atoms with Gasteiger partial charge in [-0.3, -0.25) is 10.1 Å². The molecule has 0 unspecified atom stereocenters. The molecule has 0 bridgehead atoms. The Balaban J connectivity index is 1.36. The summed E-state index contributed by atoms with van der Waals surface area (Å²) in [6.07, 6.45) is 6.02. The molecule has 8 nitrogen and oxygen atoms in total. The Kier molecular flexibility index (Phi) is 7.11. The van der Waals surface area contributed by atoms with E-state index in [2.05, 4.69) is 33.1 Å². The van der Waals surface area contributed by atoms with Crippen LogP contribution in [0.4, 0.5) is 9.93 Å². The van der Waals surface area contributed by atoms with Gasteiger partial charge in [0.05, 0.1) is 18.6 Å². The molecule has 27 heavy (non-hydrogen) atoms. The van der Waals surface area contributed by atoms with E-state index in [-0.39, 0.29) is 17.7 Å². The lowest BCUT2D eigenvalue weighted by Gasteiger charge is -2.29. The molecule has 2 aromatic heterocycles. The zero-order chi connectivity index (χ0) is 19.1. The Morgan fingerprint density at radius 2 is 2.19 bits per heavy atom. The molecule has 2 aromatic rings. The minimum Gasteiger partial charge on any atom is -0.467 e. The van der Waals surface area contributed by atoms with E-state index >= 15 is 0 Å². The van der Waals surface area contributed by atoms with Gasteiger partial charge in [-0.15, -0.1) is 10.2 Å². The molecule has 3 N–H and O–H groups in total. The first-order chi connectivity index (χ1) is 13.1. The van der Waals surface area contributed by atoms with Crippen molar-refractivity contribution < 1.29 is 14.0 Å². The number of nitrogens with one attached hydrogen (secondary N) is 3. The zero-order valence-corrected chi connectivity index (χ0v) is 16.7. The number of furan rings is 1. The molecule has 1 fully saturated rings. The van der Waals surface area contributed by atoms with Gasteiger partial charge in [0, 0.05) is 6.04 Å². The number of amides is 3. The fraction of sp³-hybridized carbons (Fsp3) is 0.529. The Bertz CT molecular complexity index is 750. The fourth-order valence-electron chi connectivity index (χ4n) is 2.94. The quantitative estimate of drug-likeness (QED) is 0.602. The van der Waals surface area contributed by atoms with Crippen LogP contribution < -0.4 is 16.0 Å². The van der Waals surface area contributed by atoms with Crippen molar-refractivity contribution in [2.75, 3.05) is 11.1 Å². The van der Waals surface area contributed by atoms with Crippen molar-refractivity contribution in [2.24, 2.45) is 5.92 Å². The van der Waals surface area contributed by atoms with Crippen LogP contribution in [0.5, 0.6) is 0 Å². The van der Waals surface area contributed by atoms with Crippen molar-refractivity contribution in [3.8, 4) is 0 Å². The molecule has 0 spiro atoms. The van der Waals surface area contributed by atoms with E-state index in [9.17, 15) is 9.59 Å². The summed E-state index contributed by atoms with van der Waals surface area (Å²) in [5.41, 5.74) is 0. The van der Waals surface area contributed by atoms with E-state index in [1.54, 1.807) is 6.26 Å². The number of hydrogen-bond acceptors (Lipinski definition) is 8. The molecule has 1 saturated carbocycles.